The van der Waals surface area contributed by atoms with Crippen molar-refractivity contribution < 1.29 is 14.3 Å². The molecule has 1 atom stereocenters. The van der Waals surface area contributed by atoms with Gasteiger partial charge in [-0.1, -0.05) is 22.0 Å². The number of nitrogens with one attached hydrogen (secondary N) is 2. The quantitative estimate of drug-likeness (QED) is 0.664. The van der Waals surface area contributed by atoms with Gasteiger partial charge < -0.3 is 20.1 Å². The van der Waals surface area contributed by atoms with Crippen molar-refractivity contribution in [2.45, 2.75) is 19.4 Å². The van der Waals surface area contributed by atoms with Gasteiger partial charge in [-0.15, -0.1) is 0 Å². The molecule has 1 aromatic carbocycles. The smallest absolute Gasteiger partial charge is 0.257 e. The number of methoxy groups -OCH3 is 1. The summed E-state index contributed by atoms with van der Waals surface area (Å²) in [6.07, 6.45) is 0.793. The highest BCUT2D eigenvalue weighted by atomic mass is 79.9. The van der Waals surface area contributed by atoms with Gasteiger partial charge >= 0.3 is 0 Å². The zero-order valence-corrected chi connectivity index (χ0v) is 14.3. The number of carbonyl (C=O) groups excluding carboxylic acids is 1. The molecule has 1 unspecified atom stereocenters. The summed E-state index contributed by atoms with van der Waals surface area (Å²) in [5.41, 5.74) is 1.02. The molecular formula is C15H23BrN2O3. The Morgan fingerprint density at radius 2 is 2.19 bits per heavy atom. The van der Waals surface area contributed by atoms with Crippen molar-refractivity contribution in [1.29, 1.82) is 0 Å². The van der Waals surface area contributed by atoms with Gasteiger partial charge in [0.25, 0.3) is 5.91 Å². The lowest BCUT2D eigenvalue weighted by molar-refractivity contribution is -0.123. The van der Waals surface area contributed by atoms with Crippen LogP contribution in [0.15, 0.2) is 22.7 Å². The predicted octanol–water partition coefficient (Wildman–Crippen LogP) is 2.26. The second-order valence-corrected chi connectivity index (χ2v) is 5.59. The van der Waals surface area contributed by atoms with Crippen LogP contribution in [0.4, 0.5) is 0 Å². The average molecular weight is 359 g/mol. The third-order valence-electron chi connectivity index (χ3n) is 3.08. The summed E-state index contributed by atoms with van der Waals surface area (Å²) in [5, 5.41) is 5.96. The van der Waals surface area contributed by atoms with E-state index < -0.39 is 0 Å². The van der Waals surface area contributed by atoms with Crippen molar-refractivity contribution >= 4 is 21.8 Å². The molecule has 0 fully saturated rings. The molecule has 0 heterocycles. The summed E-state index contributed by atoms with van der Waals surface area (Å²) in [6, 6.07) is 5.97. The molecule has 5 nitrogen and oxygen atoms in total. The normalized spacial score (nSPS) is 12.0. The van der Waals surface area contributed by atoms with E-state index in [-0.39, 0.29) is 18.6 Å². The van der Waals surface area contributed by atoms with Gasteiger partial charge in [0, 0.05) is 36.3 Å². The van der Waals surface area contributed by atoms with Crippen molar-refractivity contribution in [3.63, 3.8) is 0 Å². The highest BCUT2D eigenvalue weighted by Crippen LogP contribution is 2.28. The Balaban J connectivity index is 2.54. The van der Waals surface area contributed by atoms with Crippen LogP contribution in [-0.2, 0) is 9.53 Å². The minimum Gasteiger partial charge on any atom is -0.483 e. The zero-order chi connectivity index (χ0) is 15.7. The van der Waals surface area contributed by atoms with Crippen LogP contribution in [0.25, 0.3) is 0 Å². The van der Waals surface area contributed by atoms with E-state index in [1.54, 1.807) is 7.11 Å². The molecule has 21 heavy (non-hydrogen) atoms. The van der Waals surface area contributed by atoms with E-state index in [2.05, 4.69) is 26.6 Å². The van der Waals surface area contributed by atoms with Crippen LogP contribution < -0.4 is 15.4 Å². The van der Waals surface area contributed by atoms with Crippen LogP contribution in [0.2, 0.25) is 0 Å². The monoisotopic (exact) mass is 358 g/mol. The van der Waals surface area contributed by atoms with Gasteiger partial charge in [0.2, 0.25) is 0 Å². The van der Waals surface area contributed by atoms with Gasteiger partial charge in [-0.2, -0.15) is 0 Å². The fourth-order valence-corrected chi connectivity index (χ4v) is 2.13. The van der Waals surface area contributed by atoms with Crippen LogP contribution in [-0.4, -0.2) is 39.8 Å². The topological polar surface area (TPSA) is 59.6 Å². The number of hydrogen-bond donors (Lipinski definition) is 2. The molecule has 0 aliphatic carbocycles. The molecule has 1 aromatic rings. The van der Waals surface area contributed by atoms with E-state index in [1.165, 1.54) is 0 Å². The van der Waals surface area contributed by atoms with Gasteiger partial charge in [0.1, 0.15) is 5.75 Å². The molecule has 0 saturated carbocycles. The Bertz CT molecular complexity index is 455. The van der Waals surface area contributed by atoms with E-state index in [0.29, 0.717) is 18.9 Å². The number of rotatable bonds is 9. The summed E-state index contributed by atoms with van der Waals surface area (Å²) in [6.45, 7) is 3.28. The number of ether oxygens (including phenoxy) is 2. The number of amides is 1. The molecule has 0 radical (unpaired) electrons. The fraction of sp³-hybridized carbons (Fsp3) is 0.533. The van der Waals surface area contributed by atoms with E-state index in [4.69, 9.17) is 9.47 Å². The summed E-state index contributed by atoms with van der Waals surface area (Å²) >= 11 is 3.42. The first-order valence-corrected chi connectivity index (χ1v) is 7.73. The summed E-state index contributed by atoms with van der Waals surface area (Å²) in [4.78, 5) is 11.7. The van der Waals surface area contributed by atoms with Gasteiger partial charge in [-0.05, 0) is 32.5 Å². The van der Waals surface area contributed by atoms with Gasteiger partial charge in [-0.3, -0.25) is 4.79 Å². The highest BCUT2D eigenvalue weighted by molar-refractivity contribution is 9.10. The number of carbonyl (C=O) groups is 1. The van der Waals surface area contributed by atoms with E-state index in [1.807, 2.05) is 32.2 Å². The van der Waals surface area contributed by atoms with Crippen molar-refractivity contribution in [3.05, 3.63) is 28.2 Å². The number of hydrogen-bond acceptors (Lipinski definition) is 4. The van der Waals surface area contributed by atoms with Crippen molar-refractivity contribution in [2.24, 2.45) is 0 Å². The SMILES string of the molecule is CNC(C)c1ccc(Br)cc1OCC(=O)NCCCOC. The Kier molecular flexibility index (Phi) is 8.34. The Hall–Kier alpha value is -1.11. The number of benzene rings is 1. The summed E-state index contributed by atoms with van der Waals surface area (Å²) in [5.74, 6) is 0.576. The van der Waals surface area contributed by atoms with Crippen molar-refractivity contribution in [3.8, 4) is 5.75 Å². The maximum Gasteiger partial charge on any atom is 0.257 e. The standard InChI is InChI=1S/C15H23BrN2O3/c1-11(17-2)13-6-5-12(16)9-14(13)21-10-15(19)18-7-4-8-20-3/h5-6,9,11,17H,4,7-8,10H2,1-3H3,(H,18,19). The largest absolute Gasteiger partial charge is 0.483 e. The maximum atomic E-state index is 11.7. The summed E-state index contributed by atoms with van der Waals surface area (Å²) in [7, 11) is 3.53. The molecular weight excluding hydrogens is 336 g/mol. The predicted molar refractivity (Wildman–Crippen MR) is 86.6 cm³/mol. The van der Waals surface area contributed by atoms with E-state index >= 15 is 0 Å². The van der Waals surface area contributed by atoms with Crippen molar-refractivity contribution in [1.82, 2.24) is 10.6 Å². The lowest BCUT2D eigenvalue weighted by atomic mass is 10.1. The molecule has 1 amide bonds. The molecule has 0 aliphatic rings. The van der Waals surface area contributed by atoms with Gasteiger partial charge in [0.05, 0.1) is 0 Å². The van der Waals surface area contributed by atoms with Crippen LogP contribution >= 0.6 is 15.9 Å². The van der Waals surface area contributed by atoms with Crippen LogP contribution in [0.5, 0.6) is 5.75 Å². The molecule has 0 spiro atoms. The molecule has 0 aromatic heterocycles. The molecule has 0 saturated heterocycles. The Labute approximate surface area is 134 Å². The van der Waals surface area contributed by atoms with Crippen LogP contribution in [0.3, 0.4) is 0 Å². The Morgan fingerprint density at radius 3 is 2.86 bits per heavy atom. The number of halogens is 1. The molecule has 118 valence electrons. The van der Waals surface area contributed by atoms with E-state index in [9.17, 15) is 4.79 Å². The highest BCUT2D eigenvalue weighted by Gasteiger charge is 2.12. The fourth-order valence-electron chi connectivity index (χ4n) is 1.79. The van der Waals surface area contributed by atoms with E-state index in [0.717, 1.165) is 16.5 Å². The molecule has 0 bridgehead atoms. The Morgan fingerprint density at radius 1 is 1.43 bits per heavy atom. The molecule has 1 rings (SSSR count). The molecule has 2 N–H and O–H groups in total. The first-order valence-electron chi connectivity index (χ1n) is 6.93. The summed E-state index contributed by atoms with van der Waals surface area (Å²) < 4.78 is 11.5. The third kappa shape index (κ3) is 6.46. The minimum absolute atomic E-state index is 0.00682. The molecule has 6 heteroatoms. The zero-order valence-electron chi connectivity index (χ0n) is 12.7. The first-order chi connectivity index (χ1) is 10.1. The second kappa shape index (κ2) is 9.76. The van der Waals surface area contributed by atoms with Crippen molar-refractivity contribution in [2.75, 3.05) is 33.9 Å². The van der Waals surface area contributed by atoms with Crippen LogP contribution in [0, 0.1) is 0 Å². The lowest BCUT2D eigenvalue weighted by Gasteiger charge is -2.16. The molecule has 0 aliphatic heterocycles. The minimum atomic E-state index is -0.130. The lowest BCUT2D eigenvalue weighted by Crippen LogP contribution is -2.30. The average Bonchev–Trinajstić information content (AvgIpc) is 2.49. The van der Waals surface area contributed by atoms with Crippen LogP contribution in [0.1, 0.15) is 24.9 Å². The maximum absolute atomic E-state index is 11.7. The second-order valence-electron chi connectivity index (χ2n) is 4.68. The van der Waals surface area contributed by atoms with Gasteiger partial charge in [0.15, 0.2) is 6.61 Å². The first kappa shape index (κ1) is 17.9. The third-order valence-corrected chi connectivity index (χ3v) is 3.57. The van der Waals surface area contributed by atoms with Gasteiger partial charge in [-0.25, -0.2) is 0 Å².